The molecule has 0 saturated heterocycles. The second-order valence-electron chi connectivity index (χ2n) is 2.99. The van der Waals surface area contributed by atoms with Crippen molar-refractivity contribution in [3.8, 4) is 5.75 Å². The molecule has 0 aromatic heterocycles. The van der Waals surface area contributed by atoms with E-state index in [0.29, 0.717) is 11.3 Å². The minimum absolute atomic E-state index is 0. The summed E-state index contributed by atoms with van der Waals surface area (Å²) in [6, 6.07) is 18.6. The SMILES string of the molecule is O=C(Oc1c[c-]ccc1)c1ccccc1.[CH3-].[U+2]. The topological polar surface area (TPSA) is 26.3 Å². The van der Waals surface area contributed by atoms with E-state index in [0.717, 1.165) is 0 Å². The third kappa shape index (κ3) is 4.77. The van der Waals surface area contributed by atoms with Gasteiger partial charge in [-0.2, -0.15) is 18.2 Å². The minimum atomic E-state index is -0.352. The summed E-state index contributed by atoms with van der Waals surface area (Å²) in [4.78, 5) is 11.6. The first kappa shape index (κ1) is 16.0. The van der Waals surface area contributed by atoms with E-state index in [2.05, 4.69) is 6.07 Å². The van der Waals surface area contributed by atoms with Gasteiger partial charge in [-0.25, -0.2) is 4.79 Å². The van der Waals surface area contributed by atoms with Gasteiger partial charge in [0, 0.05) is 5.75 Å². The maximum Gasteiger partial charge on any atom is 2.00 e. The zero-order chi connectivity index (χ0) is 10.5. The molecule has 0 unspecified atom stereocenters. The van der Waals surface area contributed by atoms with Crippen molar-refractivity contribution < 1.29 is 40.6 Å². The molecule has 0 amide bonds. The summed E-state index contributed by atoms with van der Waals surface area (Å²) in [7, 11) is 0. The van der Waals surface area contributed by atoms with Gasteiger partial charge in [-0.3, -0.25) is 0 Å². The summed E-state index contributed by atoms with van der Waals surface area (Å²) in [5.41, 5.74) is 0.543. The Morgan fingerprint density at radius 3 is 2.35 bits per heavy atom. The number of carbonyl (C=O) groups is 1. The number of hydrogen-bond donors (Lipinski definition) is 0. The molecule has 84 valence electrons. The van der Waals surface area contributed by atoms with Gasteiger partial charge in [0.2, 0.25) is 0 Å². The zero-order valence-corrected chi connectivity index (χ0v) is 13.7. The molecule has 0 N–H and O–H groups in total. The molecule has 0 heterocycles. The van der Waals surface area contributed by atoms with Crippen LogP contribution in [0.15, 0.2) is 54.6 Å². The van der Waals surface area contributed by atoms with Crippen molar-refractivity contribution in [3.05, 3.63) is 73.7 Å². The van der Waals surface area contributed by atoms with Crippen molar-refractivity contribution in [2.75, 3.05) is 0 Å². The number of esters is 1. The van der Waals surface area contributed by atoms with Gasteiger partial charge in [-0.1, -0.05) is 18.2 Å². The van der Waals surface area contributed by atoms with E-state index in [-0.39, 0.29) is 44.5 Å². The van der Waals surface area contributed by atoms with Crippen molar-refractivity contribution in [2.45, 2.75) is 0 Å². The van der Waals surface area contributed by atoms with Crippen LogP contribution in [0.4, 0.5) is 0 Å². The standard InChI is InChI=1S/C13H9O2.CH3.U/c14-13(11-7-3-1-4-8-11)15-12-9-5-2-6-10-12;;/h1-5,7-10H;1H3;/q2*-1;+2. The number of carbonyl (C=O) groups excluding carboxylic acids is 1. The predicted molar refractivity (Wildman–Crippen MR) is 63.1 cm³/mol. The van der Waals surface area contributed by atoms with Crippen LogP contribution in [0.25, 0.3) is 0 Å². The minimum Gasteiger partial charge on any atom is -0.487 e. The Kier molecular flexibility index (Phi) is 7.62. The van der Waals surface area contributed by atoms with E-state index in [1.54, 1.807) is 48.5 Å². The number of ether oxygens (including phenoxy) is 1. The third-order valence-corrected chi connectivity index (χ3v) is 1.90. The predicted octanol–water partition coefficient (Wildman–Crippen LogP) is 3.16. The van der Waals surface area contributed by atoms with Crippen molar-refractivity contribution in [1.82, 2.24) is 0 Å². The fourth-order valence-corrected chi connectivity index (χ4v) is 1.18. The average Bonchev–Trinajstić information content (AvgIpc) is 2.31. The van der Waals surface area contributed by atoms with Crippen molar-refractivity contribution in [3.63, 3.8) is 0 Å². The molecule has 0 aliphatic rings. The molecule has 0 fully saturated rings. The second-order valence-corrected chi connectivity index (χ2v) is 2.99. The van der Waals surface area contributed by atoms with Crippen molar-refractivity contribution >= 4 is 5.97 Å². The molecule has 0 atom stereocenters. The van der Waals surface area contributed by atoms with Crippen LogP contribution in [-0.2, 0) is 0 Å². The Morgan fingerprint density at radius 2 is 1.76 bits per heavy atom. The largest absolute Gasteiger partial charge is 2.00 e. The Balaban J connectivity index is 0.00000128. The summed E-state index contributed by atoms with van der Waals surface area (Å²) in [6.45, 7) is 0. The number of hydrogen-bond acceptors (Lipinski definition) is 2. The van der Waals surface area contributed by atoms with Gasteiger partial charge in [-0.15, -0.1) is 12.1 Å². The Bertz CT molecular complexity index is 440. The van der Waals surface area contributed by atoms with Gasteiger partial charge in [0.05, 0.1) is 5.56 Å². The van der Waals surface area contributed by atoms with E-state index in [1.165, 1.54) is 0 Å². The summed E-state index contributed by atoms with van der Waals surface area (Å²) >= 11 is 0. The molecule has 17 heavy (non-hydrogen) atoms. The quantitative estimate of drug-likeness (QED) is 0.400. The summed E-state index contributed by atoms with van der Waals surface area (Å²) in [6.07, 6.45) is 0. The van der Waals surface area contributed by atoms with Gasteiger partial charge in [0.25, 0.3) is 0 Å². The van der Waals surface area contributed by atoms with Gasteiger partial charge in [-0.05, 0) is 12.1 Å². The van der Waals surface area contributed by atoms with Crippen molar-refractivity contribution in [2.24, 2.45) is 0 Å². The molecular formula is C14H12O2U. The molecule has 2 nitrogen and oxygen atoms in total. The second kappa shape index (κ2) is 8.11. The number of rotatable bonds is 2. The van der Waals surface area contributed by atoms with Gasteiger partial charge < -0.3 is 12.2 Å². The van der Waals surface area contributed by atoms with Crippen LogP contribution in [0.3, 0.4) is 0 Å². The van der Waals surface area contributed by atoms with E-state index < -0.39 is 0 Å². The molecule has 0 aliphatic heterocycles. The third-order valence-electron chi connectivity index (χ3n) is 1.90. The Hall–Kier alpha value is -1.04. The van der Waals surface area contributed by atoms with E-state index in [9.17, 15) is 4.79 Å². The average molecular weight is 450 g/mol. The van der Waals surface area contributed by atoms with E-state index >= 15 is 0 Å². The molecule has 2 aromatic rings. The molecule has 0 radical (unpaired) electrons. The summed E-state index contributed by atoms with van der Waals surface area (Å²) < 4.78 is 5.13. The number of benzene rings is 2. The van der Waals surface area contributed by atoms with Crippen LogP contribution in [0.1, 0.15) is 10.4 Å². The molecule has 2 aromatic carbocycles. The van der Waals surface area contributed by atoms with Crippen molar-refractivity contribution in [1.29, 1.82) is 0 Å². The maximum atomic E-state index is 11.6. The Labute approximate surface area is 125 Å². The first-order chi connectivity index (χ1) is 7.36. The molecule has 3 heteroatoms. The van der Waals surface area contributed by atoms with Crippen LogP contribution in [0, 0.1) is 44.6 Å². The zero-order valence-electron chi connectivity index (χ0n) is 9.51. The monoisotopic (exact) mass is 450 g/mol. The van der Waals surface area contributed by atoms with Crippen LogP contribution < -0.4 is 4.74 Å². The first-order valence-electron chi connectivity index (χ1n) is 4.59. The molecule has 0 spiro atoms. The van der Waals surface area contributed by atoms with Crippen LogP contribution in [0.2, 0.25) is 0 Å². The smallest absolute Gasteiger partial charge is 0.487 e. The van der Waals surface area contributed by atoms with Gasteiger partial charge in [0.15, 0.2) is 0 Å². The summed E-state index contributed by atoms with van der Waals surface area (Å²) in [5.74, 6) is 0.154. The normalized spacial score (nSPS) is 8.47. The molecule has 0 saturated carbocycles. The van der Waals surface area contributed by atoms with Crippen LogP contribution in [-0.4, -0.2) is 5.97 Å². The molecule has 0 aliphatic carbocycles. The van der Waals surface area contributed by atoms with E-state index in [1.807, 2.05) is 6.07 Å². The first-order valence-corrected chi connectivity index (χ1v) is 4.59. The van der Waals surface area contributed by atoms with E-state index in [4.69, 9.17) is 4.74 Å². The molecule has 0 bridgehead atoms. The van der Waals surface area contributed by atoms with Crippen LogP contribution >= 0.6 is 0 Å². The molecule has 2 rings (SSSR count). The van der Waals surface area contributed by atoms with Gasteiger partial charge >= 0.3 is 37.1 Å². The molecular weight excluding hydrogens is 438 g/mol. The van der Waals surface area contributed by atoms with Crippen LogP contribution in [0.5, 0.6) is 5.75 Å². The maximum absolute atomic E-state index is 11.6. The fourth-order valence-electron chi connectivity index (χ4n) is 1.18. The van der Waals surface area contributed by atoms with Gasteiger partial charge in [0.1, 0.15) is 0 Å². The Morgan fingerprint density at radius 1 is 1.06 bits per heavy atom. The summed E-state index contributed by atoms with van der Waals surface area (Å²) in [5, 5.41) is 0. The fraction of sp³-hybridized carbons (Fsp3) is 0.